The van der Waals surface area contributed by atoms with Crippen molar-refractivity contribution in [1.29, 1.82) is 0 Å². The Morgan fingerprint density at radius 1 is 0.762 bits per heavy atom. The van der Waals surface area contributed by atoms with E-state index in [0.717, 1.165) is 59.1 Å². The molecule has 11 heteroatoms. The van der Waals surface area contributed by atoms with E-state index in [9.17, 15) is 19.5 Å². The first-order valence-electron chi connectivity index (χ1n) is 23.1. The number of aliphatic hydroxyl groups is 1. The molecule has 3 fully saturated rings. The van der Waals surface area contributed by atoms with Gasteiger partial charge in [0.15, 0.2) is 6.29 Å². The zero-order valence-electron chi connectivity index (χ0n) is 37.3. The summed E-state index contributed by atoms with van der Waals surface area (Å²) in [5, 5.41) is 18.9. The molecule has 336 valence electrons. The highest BCUT2D eigenvalue weighted by Crippen LogP contribution is 2.42. The van der Waals surface area contributed by atoms with Crippen LogP contribution >= 0.6 is 0 Å². The largest absolute Gasteiger partial charge is 0.397 e. The molecule has 0 unspecified atom stereocenters. The van der Waals surface area contributed by atoms with Gasteiger partial charge < -0.3 is 36.3 Å². The van der Waals surface area contributed by atoms with Crippen LogP contribution in [0.1, 0.15) is 132 Å². The van der Waals surface area contributed by atoms with Crippen LogP contribution in [-0.2, 0) is 37.0 Å². The first kappa shape index (κ1) is 45.9. The van der Waals surface area contributed by atoms with Crippen molar-refractivity contribution in [2.75, 3.05) is 17.6 Å². The molecular weight excluding hydrogens is 791 g/mol. The van der Waals surface area contributed by atoms with Crippen molar-refractivity contribution in [3.8, 4) is 11.1 Å². The number of benzene rings is 4. The summed E-state index contributed by atoms with van der Waals surface area (Å²) in [5.41, 5.74) is 12.7. The van der Waals surface area contributed by atoms with Crippen LogP contribution in [0.3, 0.4) is 0 Å². The van der Waals surface area contributed by atoms with Gasteiger partial charge >= 0.3 is 0 Å². The van der Waals surface area contributed by atoms with Gasteiger partial charge in [-0.15, -0.1) is 0 Å². The molecular formula is C52H67N5O6. The minimum atomic E-state index is -0.610. The third-order valence-corrected chi connectivity index (χ3v) is 12.8. The molecule has 4 aromatic carbocycles. The fourth-order valence-electron chi connectivity index (χ4n) is 9.55. The molecule has 1 aliphatic carbocycles. The van der Waals surface area contributed by atoms with E-state index in [1.54, 1.807) is 12.1 Å². The van der Waals surface area contributed by atoms with Crippen molar-refractivity contribution in [1.82, 2.24) is 15.5 Å². The van der Waals surface area contributed by atoms with E-state index in [-0.39, 0.29) is 48.1 Å². The Morgan fingerprint density at radius 3 is 2.24 bits per heavy atom. The molecule has 3 aliphatic rings. The Morgan fingerprint density at radius 2 is 1.49 bits per heavy atom. The summed E-state index contributed by atoms with van der Waals surface area (Å²) < 4.78 is 13.6. The summed E-state index contributed by atoms with van der Waals surface area (Å²) in [6, 6.07) is 31.9. The highest BCUT2D eigenvalue weighted by atomic mass is 16.7. The lowest BCUT2D eigenvalue weighted by Gasteiger charge is -2.50. The number of hydrogen-bond acceptors (Lipinski definition) is 8. The lowest BCUT2D eigenvalue weighted by atomic mass is 9.75. The van der Waals surface area contributed by atoms with Crippen molar-refractivity contribution >= 4 is 29.1 Å². The molecule has 0 radical (unpaired) electrons. The second-order valence-corrected chi connectivity index (χ2v) is 18.8. The van der Waals surface area contributed by atoms with Crippen LogP contribution < -0.4 is 21.7 Å². The number of nitrogens with two attached hydrogens (primary N) is 1. The Bertz CT molecular complexity index is 2140. The van der Waals surface area contributed by atoms with Gasteiger partial charge in [-0.05, 0) is 111 Å². The van der Waals surface area contributed by atoms with Gasteiger partial charge in [0, 0.05) is 49.5 Å². The number of carbonyl (C=O) groups excluding carboxylic acids is 3. The molecule has 1 saturated carbocycles. The number of amides is 3. The van der Waals surface area contributed by atoms with Gasteiger partial charge in [0.25, 0.3) is 0 Å². The molecule has 0 bridgehead atoms. The highest BCUT2D eigenvalue weighted by molar-refractivity contribution is 5.93. The molecule has 7 rings (SSSR count). The van der Waals surface area contributed by atoms with Crippen LogP contribution in [-0.4, -0.2) is 58.0 Å². The summed E-state index contributed by atoms with van der Waals surface area (Å²) in [6.07, 6.45) is 9.31. The SMILES string of the molecule is CC(C)(C)NC(=O)[C@H]1CC[C@H]2CCCC[C@H]2N1C[C@@H]1C[C@H](c2ccc(CO)cc2)O[C@H](c2ccc(-c3cccc(CNC(=O)CCCCCC(=O)Nc4ccccc4N)c3)cc2)O1. The monoisotopic (exact) mass is 858 g/mol. The number of anilines is 2. The minimum absolute atomic E-state index is 0.0118. The Kier molecular flexibility index (Phi) is 15.7. The van der Waals surface area contributed by atoms with E-state index in [0.29, 0.717) is 68.5 Å². The maximum absolute atomic E-state index is 13.9. The summed E-state index contributed by atoms with van der Waals surface area (Å²) in [5.74, 6) is 0.614. The molecule has 3 amide bonds. The smallest absolute Gasteiger partial charge is 0.237 e. The van der Waals surface area contributed by atoms with Gasteiger partial charge in [0.05, 0.1) is 36.2 Å². The topological polar surface area (TPSA) is 155 Å². The number of unbranched alkanes of at least 4 members (excludes halogenated alkanes) is 2. The fraction of sp³-hybridized carbons (Fsp3) is 0.481. The number of rotatable bonds is 16. The highest BCUT2D eigenvalue weighted by Gasteiger charge is 2.44. The molecule has 6 atom stereocenters. The molecule has 4 aromatic rings. The third kappa shape index (κ3) is 12.8. The Hall–Kier alpha value is -5.07. The van der Waals surface area contributed by atoms with Crippen molar-refractivity contribution in [2.24, 2.45) is 5.92 Å². The van der Waals surface area contributed by atoms with Crippen molar-refractivity contribution in [2.45, 2.75) is 147 Å². The molecule has 0 spiro atoms. The molecule has 2 saturated heterocycles. The second kappa shape index (κ2) is 21.5. The third-order valence-electron chi connectivity index (χ3n) is 12.8. The first-order chi connectivity index (χ1) is 30.4. The van der Waals surface area contributed by atoms with Crippen molar-refractivity contribution in [3.05, 3.63) is 119 Å². The zero-order chi connectivity index (χ0) is 44.3. The number of likely N-dealkylation sites (tertiary alicyclic amines) is 1. The van der Waals surface area contributed by atoms with Crippen molar-refractivity contribution < 1.29 is 29.0 Å². The number of fused-ring (bicyclic) bond motifs is 1. The number of nitrogens with zero attached hydrogens (tertiary/aromatic N) is 1. The number of nitrogens with one attached hydrogen (secondary N) is 3. The molecule has 6 N–H and O–H groups in total. The number of carbonyl (C=O) groups is 3. The van der Waals surface area contributed by atoms with E-state index in [4.69, 9.17) is 15.2 Å². The summed E-state index contributed by atoms with van der Waals surface area (Å²) in [4.78, 5) is 41.4. The van der Waals surface area contributed by atoms with Crippen LogP contribution in [0.4, 0.5) is 11.4 Å². The lowest BCUT2D eigenvalue weighted by molar-refractivity contribution is -0.255. The predicted molar refractivity (Wildman–Crippen MR) is 248 cm³/mol. The number of ether oxygens (including phenoxy) is 2. The second-order valence-electron chi connectivity index (χ2n) is 18.8. The number of hydrogen-bond donors (Lipinski definition) is 5. The average Bonchev–Trinajstić information content (AvgIpc) is 3.28. The standard InChI is InChI=1S/C52H67N5O6/c1-52(2,3)56-50(61)46-29-28-38-13-7-10-17-45(38)57(46)33-42-31-47(39-22-20-35(34-58)21-23-39)63-51(62-42)40-26-24-37(25-27-40)41-14-11-12-36(30-41)32-54-48(59)18-5-4-6-19-49(60)55-44-16-9-8-15-43(44)53/h8-9,11-12,14-16,20-27,30,38,42,45-47,51,58H,4-7,10,13,17-19,28-29,31-34,53H2,1-3H3,(H,54,59)(H,55,60)(H,56,61)/t38-,42+,45-,46-,47-,51-/m1/s1. The molecule has 0 aromatic heterocycles. The Labute approximate surface area is 373 Å². The number of nitrogen functional groups attached to an aromatic ring is 1. The normalized spacial score (nSPS) is 22.7. The van der Waals surface area contributed by atoms with Gasteiger partial charge in [0.1, 0.15) is 0 Å². The van der Waals surface area contributed by atoms with Crippen LogP contribution in [0, 0.1) is 5.92 Å². The van der Waals surface area contributed by atoms with Gasteiger partial charge in [-0.3, -0.25) is 19.3 Å². The average molecular weight is 858 g/mol. The van der Waals surface area contributed by atoms with Crippen LogP contribution in [0.15, 0.2) is 97.1 Å². The molecule has 11 nitrogen and oxygen atoms in total. The van der Waals surface area contributed by atoms with Gasteiger partial charge in [0.2, 0.25) is 17.7 Å². The van der Waals surface area contributed by atoms with E-state index < -0.39 is 6.29 Å². The van der Waals surface area contributed by atoms with Gasteiger partial charge in [-0.1, -0.05) is 98.1 Å². The van der Waals surface area contributed by atoms with Crippen molar-refractivity contribution in [3.63, 3.8) is 0 Å². The van der Waals surface area contributed by atoms with Crippen LogP contribution in [0.2, 0.25) is 0 Å². The fourth-order valence-corrected chi connectivity index (χ4v) is 9.55. The lowest BCUT2D eigenvalue weighted by Crippen LogP contribution is -2.61. The van der Waals surface area contributed by atoms with E-state index in [1.165, 1.54) is 19.3 Å². The number of para-hydroxylation sites is 2. The number of piperidine rings is 1. The van der Waals surface area contributed by atoms with Gasteiger partial charge in [-0.2, -0.15) is 0 Å². The summed E-state index contributed by atoms with van der Waals surface area (Å²) in [6.45, 7) is 7.20. The Balaban J connectivity index is 0.972. The maximum atomic E-state index is 13.9. The van der Waals surface area contributed by atoms with Crippen LogP contribution in [0.5, 0.6) is 0 Å². The van der Waals surface area contributed by atoms with E-state index in [2.05, 4.69) is 57.2 Å². The van der Waals surface area contributed by atoms with E-state index in [1.807, 2.05) is 69.3 Å². The maximum Gasteiger partial charge on any atom is 0.237 e. The van der Waals surface area contributed by atoms with Crippen LogP contribution in [0.25, 0.3) is 11.1 Å². The quantitative estimate of drug-likeness (QED) is 0.0552. The first-order valence-corrected chi connectivity index (χ1v) is 23.1. The summed E-state index contributed by atoms with van der Waals surface area (Å²) in [7, 11) is 0. The molecule has 2 heterocycles. The molecule has 2 aliphatic heterocycles. The number of aliphatic hydroxyl groups excluding tert-OH is 1. The van der Waals surface area contributed by atoms with Gasteiger partial charge in [-0.25, -0.2) is 0 Å². The minimum Gasteiger partial charge on any atom is -0.397 e. The molecule has 63 heavy (non-hydrogen) atoms. The zero-order valence-corrected chi connectivity index (χ0v) is 37.3. The summed E-state index contributed by atoms with van der Waals surface area (Å²) >= 11 is 0. The van der Waals surface area contributed by atoms with E-state index >= 15 is 0 Å². The predicted octanol–water partition coefficient (Wildman–Crippen LogP) is 9.12.